The van der Waals surface area contributed by atoms with Gasteiger partial charge in [0.2, 0.25) is 0 Å². The second-order valence-electron chi connectivity index (χ2n) is 12.7. The molecule has 0 amide bonds. The number of rotatable bonds is 2. The van der Waals surface area contributed by atoms with Crippen molar-refractivity contribution in [2.45, 2.75) is 37.5 Å². The summed E-state index contributed by atoms with van der Waals surface area (Å²) in [6, 6.07) is 39.3. The van der Waals surface area contributed by atoms with E-state index in [1.54, 1.807) is 11.1 Å². The molecule has 5 aliphatic rings. The van der Waals surface area contributed by atoms with Gasteiger partial charge < -0.3 is 0 Å². The molecule has 190 valence electrons. The van der Waals surface area contributed by atoms with Gasteiger partial charge in [-0.3, -0.25) is 0 Å². The molecule has 1 heteroatoms. The highest BCUT2D eigenvalue weighted by atomic mass is 79.9. The molecule has 39 heavy (non-hydrogen) atoms. The molecular formula is C38H31Br. The fourth-order valence-corrected chi connectivity index (χ4v) is 10.1. The van der Waals surface area contributed by atoms with Crippen LogP contribution in [0.1, 0.15) is 43.2 Å². The number of halogens is 1. The maximum atomic E-state index is 3.68. The number of benzene rings is 5. The highest BCUT2D eigenvalue weighted by Crippen LogP contribution is 2.70. The smallest absolute Gasteiger partial charge is 0.0278 e. The Balaban J connectivity index is 1.32. The van der Waals surface area contributed by atoms with Gasteiger partial charge in [-0.15, -0.1) is 0 Å². The molecule has 0 N–H and O–H groups in total. The summed E-state index contributed by atoms with van der Waals surface area (Å²) in [6.45, 7) is 0. The first-order valence-electron chi connectivity index (χ1n) is 14.7. The zero-order valence-electron chi connectivity index (χ0n) is 22.0. The number of hydrogen-bond acceptors (Lipinski definition) is 0. The van der Waals surface area contributed by atoms with Gasteiger partial charge in [-0.1, -0.05) is 88.7 Å². The normalized spacial score (nSPS) is 27.7. The molecule has 4 bridgehead atoms. The molecule has 0 heterocycles. The Labute approximate surface area is 239 Å². The van der Waals surface area contributed by atoms with E-state index in [1.807, 2.05) is 0 Å². The van der Waals surface area contributed by atoms with Gasteiger partial charge in [-0.2, -0.15) is 0 Å². The van der Waals surface area contributed by atoms with Crippen molar-refractivity contribution in [1.29, 1.82) is 0 Å². The first kappa shape index (κ1) is 22.6. The van der Waals surface area contributed by atoms with Crippen molar-refractivity contribution in [3.8, 4) is 33.4 Å². The van der Waals surface area contributed by atoms with E-state index in [2.05, 4.69) is 119 Å². The molecule has 4 fully saturated rings. The maximum Gasteiger partial charge on any atom is 0.0278 e. The summed E-state index contributed by atoms with van der Waals surface area (Å²) in [7, 11) is 0. The van der Waals surface area contributed by atoms with Crippen LogP contribution in [0.2, 0.25) is 0 Å². The molecule has 5 aliphatic carbocycles. The number of fused-ring (bicyclic) bond motifs is 4. The van der Waals surface area contributed by atoms with Gasteiger partial charge in [-0.25, -0.2) is 0 Å². The Morgan fingerprint density at radius 3 is 1.87 bits per heavy atom. The summed E-state index contributed by atoms with van der Waals surface area (Å²) in [5, 5.41) is 2.76. The third-order valence-corrected chi connectivity index (χ3v) is 11.4. The summed E-state index contributed by atoms with van der Waals surface area (Å²) in [6.07, 6.45) is 7.11. The van der Waals surface area contributed by atoms with Crippen molar-refractivity contribution in [3.05, 3.63) is 119 Å². The van der Waals surface area contributed by atoms with Crippen LogP contribution in [-0.4, -0.2) is 0 Å². The van der Waals surface area contributed by atoms with E-state index in [0.29, 0.717) is 0 Å². The van der Waals surface area contributed by atoms with Crippen molar-refractivity contribution >= 4 is 26.7 Å². The molecule has 5 aromatic rings. The Morgan fingerprint density at radius 2 is 1.13 bits per heavy atom. The minimum absolute atomic E-state index is 0.143. The number of hydrogen-bond donors (Lipinski definition) is 0. The predicted molar refractivity (Wildman–Crippen MR) is 166 cm³/mol. The Morgan fingerprint density at radius 1 is 0.513 bits per heavy atom. The summed E-state index contributed by atoms with van der Waals surface area (Å²) in [4.78, 5) is 0. The van der Waals surface area contributed by atoms with Crippen LogP contribution in [0, 0.1) is 23.7 Å². The van der Waals surface area contributed by atoms with Gasteiger partial charge in [0.15, 0.2) is 0 Å². The quantitative estimate of drug-likeness (QED) is 0.199. The van der Waals surface area contributed by atoms with Crippen LogP contribution < -0.4 is 0 Å². The summed E-state index contributed by atoms with van der Waals surface area (Å²) >= 11 is 3.68. The van der Waals surface area contributed by atoms with Crippen LogP contribution in [0.15, 0.2) is 108 Å². The van der Waals surface area contributed by atoms with Crippen LogP contribution in [0.3, 0.4) is 0 Å². The van der Waals surface area contributed by atoms with Gasteiger partial charge in [0.05, 0.1) is 0 Å². The van der Waals surface area contributed by atoms with Gasteiger partial charge in [0.1, 0.15) is 0 Å². The lowest BCUT2D eigenvalue weighted by molar-refractivity contribution is -0.0396. The standard InChI is InChI=1S/C38H31Br/c39-32-11-4-9-26(20-32)25-8-3-10-29(19-25)33-12-5-13-34-35-21-27-6-1-2-7-28(27)22-36(35)38(37(33)34)30-15-23-14-24(17-30)18-31(38)16-23/h1-13,19-24,30-31H,14-18H2/t23?,24?,30-,31+,38?. The van der Waals surface area contributed by atoms with Gasteiger partial charge in [-0.05, 0) is 141 Å². The van der Waals surface area contributed by atoms with Crippen molar-refractivity contribution < 1.29 is 0 Å². The zero-order chi connectivity index (χ0) is 25.7. The van der Waals surface area contributed by atoms with E-state index in [4.69, 9.17) is 0 Å². The van der Waals surface area contributed by atoms with E-state index in [9.17, 15) is 0 Å². The lowest BCUT2D eigenvalue weighted by Gasteiger charge is -2.61. The van der Waals surface area contributed by atoms with E-state index in [1.165, 1.54) is 76.3 Å². The second-order valence-corrected chi connectivity index (χ2v) is 13.7. The van der Waals surface area contributed by atoms with Gasteiger partial charge in [0.25, 0.3) is 0 Å². The minimum atomic E-state index is 0.143. The van der Waals surface area contributed by atoms with Crippen molar-refractivity contribution in [1.82, 2.24) is 0 Å². The molecule has 0 aromatic heterocycles. The second kappa shape index (κ2) is 8.18. The first-order valence-corrected chi connectivity index (χ1v) is 15.5. The molecule has 10 rings (SSSR count). The highest BCUT2D eigenvalue weighted by molar-refractivity contribution is 9.10. The van der Waals surface area contributed by atoms with Crippen molar-refractivity contribution in [2.24, 2.45) is 23.7 Å². The molecular weight excluding hydrogens is 536 g/mol. The summed E-state index contributed by atoms with van der Waals surface area (Å²) < 4.78 is 1.13. The van der Waals surface area contributed by atoms with Crippen LogP contribution >= 0.6 is 15.9 Å². The lowest BCUT2D eigenvalue weighted by Crippen LogP contribution is -2.55. The van der Waals surface area contributed by atoms with Crippen molar-refractivity contribution in [2.75, 3.05) is 0 Å². The minimum Gasteiger partial charge on any atom is -0.0616 e. The molecule has 4 saturated carbocycles. The monoisotopic (exact) mass is 566 g/mol. The van der Waals surface area contributed by atoms with Crippen LogP contribution in [0.4, 0.5) is 0 Å². The van der Waals surface area contributed by atoms with Crippen LogP contribution in [-0.2, 0) is 5.41 Å². The Bertz CT molecular complexity index is 1760. The lowest BCUT2D eigenvalue weighted by atomic mass is 9.42. The fourth-order valence-electron chi connectivity index (χ4n) is 9.71. The third kappa shape index (κ3) is 3.11. The molecule has 5 aromatic carbocycles. The predicted octanol–water partition coefficient (Wildman–Crippen LogP) is 10.7. The third-order valence-electron chi connectivity index (χ3n) is 10.9. The average molecular weight is 568 g/mol. The first-order chi connectivity index (χ1) is 19.2. The molecule has 1 spiro atoms. The molecule has 0 saturated heterocycles. The van der Waals surface area contributed by atoms with Crippen molar-refractivity contribution in [3.63, 3.8) is 0 Å². The van der Waals surface area contributed by atoms with Crippen LogP contribution in [0.5, 0.6) is 0 Å². The van der Waals surface area contributed by atoms with Gasteiger partial charge in [0, 0.05) is 9.89 Å². The topological polar surface area (TPSA) is 0 Å². The van der Waals surface area contributed by atoms with E-state index < -0.39 is 0 Å². The fraction of sp³-hybridized carbons (Fsp3) is 0.263. The Kier molecular flexibility index (Phi) is 4.75. The highest BCUT2D eigenvalue weighted by Gasteiger charge is 2.62. The summed E-state index contributed by atoms with van der Waals surface area (Å²) in [5.74, 6) is 3.39. The molecule has 0 nitrogen and oxygen atoms in total. The Hall–Kier alpha value is -3.16. The molecule has 0 aliphatic heterocycles. The molecule has 0 radical (unpaired) electrons. The van der Waals surface area contributed by atoms with E-state index in [-0.39, 0.29) is 5.41 Å². The van der Waals surface area contributed by atoms with E-state index in [0.717, 1.165) is 28.1 Å². The maximum absolute atomic E-state index is 3.68. The summed E-state index contributed by atoms with van der Waals surface area (Å²) in [5.41, 5.74) is 11.8. The average Bonchev–Trinajstić information content (AvgIpc) is 3.24. The van der Waals surface area contributed by atoms with Gasteiger partial charge >= 0.3 is 0 Å². The van der Waals surface area contributed by atoms with E-state index >= 15 is 0 Å². The SMILES string of the molecule is Brc1cccc(-c2cccc(-c3cccc4c3C3(c5cc6ccccc6cc5-4)[C@H]4CC5CC(C[C@H]3C5)C4)c2)c1. The zero-order valence-corrected chi connectivity index (χ0v) is 23.6. The van der Waals surface area contributed by atoms with Crippen LogP contribution in [0.25, 0.3) is 44.2 Å². The molecule has 0 unspecified atom stereocenters. The molecule has 0 atom stereocenters. The largest absolute Gasteiger partial charge is 0.0616 e.